The van der Waals surface area contributed by atoms with E-state index < -0.39 is 21.4 Å². The Morgan fingerprint density at radius 3 is 2.39 bits per heavy atom. The van der Waals surface area contributed by atoms with Crippen LogP contribution in [0.2, 0.25) is 0 Å². The van der Waals surface area contributed by atoms with Crippen LogP contribution < -0.4 is 5.44 Å². The molecule has 0 spiro atoms. The van der Waals surface area contributed by atoms with Crippen LogP contribution in [0.1, 0.15) is 5.69 Å². The summed E-state index contributed by atoms with van der Waals surface area (Å²) >= 11 is 0. The molecule has 0 radical (unpaired) electrons. The highest BCUT2D eigenvalue weighted by atomic mass is 31.2. The van der Waals surface area contributed by atoms with Crippen molar-refractivity contribution < 1.29 is 28.7 Å². The maximum atomic E-state index is 11.3. The Morgan fingerprint density at radius 2 is 1.83 bits per heavy atom. The number of hydrogen-bond donors (Lipinski definition) is 4. The van der Waals surface area contributed by atoms with E-state index in [2.05, 4.69) is 4.98 Å². The summed E-state index contributed by atoms with van der Waals surface area (Å²) in [6.07, 6.45) is 0.382. The summed E-state index contributed by atoms with van der Waals surface area (Å²) in [6, 6.07) is 4.38. The second-order valence-corrected chi connectivity index (χ2v) is 6.89. The van der Waals surface area contributed by atoms with E-state index in [1.165, 1.54) is 18.2 Å². The number of aromatic nitrogens is 2. The first-order valence-electron chi connectivity index (χ1n) is 4.74. The van der Waals surface area contributed by atoms with Crippen molar-refractivity contribution in [3.63, 3.8) is 0 Å². The van der Waals surface area contributed by atoms with Gasteiger partial charge in [0.1, 0.15) is 5.65 Å². The molecule has 0 bridgehead atoms. The molecular weight excluding hydrogens is 282 g/mol. The van der Waals surface area contributed by atoms with Crippen LogP contribution in [-0.4, -0.2) is 29.0 Å². The van der Waals surface area contributed by atoms with Crippen LogP contribution >= 0.6 is 15.2 Å². The fraction of sp³-hybridized carbons (Fsp3) is 0.125. The second kappa shape index (κ2) is 4.28. The molecule has 0 aliphatic rings. The number of rotatable bonds is 3. The van der Waals surface area contributed by atoms with Gasteiger partial charge in [0.25, 0.3) is 0 Å². The van der Waals surface area contributed by atoms with E-state index in [9.17, 15) is 9.13 Å². The van der Waals surface area contributed by atoms with Crippen molar-refractivity contribution in [3.05, 3.63) is 30.1 Å². The lowest BCUT2D eigenvalue weighted by atomic mass is 10.4. The molecule has 2 heterocycles. The highest BCUT2D eigenvalue weighted by Crippen LogP contribution is 2.40. The van der Waals surface area contributed by atoms with Crippen molar-refractivity contribution in [1.82, 2.24) is 9.38 Å². The fourth-order valence-electron chi connectivity index (χ4n) is 1.63. The van der Waals surface area contributed by atoms with E-state index in [4.69, 9.17) is 19.6 Å². The first-order valence-corrected chi connectivity index (χ1v) is 8.15. The molecule has 0 saturated heterocycles. The van der Waals surface area contributed by atoms with Gasteiger partial charge in [-0.05, 0) is 12.1 Å². The summed E-state index contributed by atoms with van der Waals surface area (Å²) in [5.74, 6) is 0. The average Bonchev–Trinajstić information content (AvgIpc) is 2.58. The summed E-state index contributed by atoms with van der Waals surface area (Å²) < 4.78 is 23.3. The predicted molar refractivity (Wildman–Crippen MR) is 62.6 cm³/mol. The number of fused-ring (bicyclic) bond motifs is 1. The molecule has 0 unspecified atom stereocenters. The van der Waals surface area contributed by atoms with Crippen molar-refractivity contribution >= 4 is 26.3 Å². The van der Waals surface area contributed by atoms with Gasteiger partial charge in [0.2, 0.25) is 0 Å². The zero-order valence-electron chi connectivity index (χ0n) is 8.91. The molecule has 18 heavy (non-hydrogen) atoms. The van der Waals surface area contributed by atoms with Crippen molar-refractivity contribution in [2.24, 2.45) is 0 Å². The third-order valence-corrected chi connectivity index (χ3v) is 3.91. The van der Waals surface area contributed by atoms with Gasteiger partial charge in [-0.15, -0.1) is 0 Å². The van der Waals surface area contributed by atoms with Crippen molar-refractivity contribution in [3.8, 4) is 0 Å². The lowest BCUT2D eigenvalue weighted by Gasteiger charge is -2.10. The molecule has 4 N–H and O–H groups in total. The monoisotopic (exact) mass is 292 g/mol. The first kappa shape index (κ1) is 13.4. The lowest BCUT2D eigenvalue weighted by Crippen LogP contribution is -2.14. The first-order chi connectivity index (χ1) is 8.18. The quantitative estimate of drug-likeness (QED) is 0.576. The summed E-state index contributed by atoms with van der Waals surface area (Å²) in [5.41, 5.74) is -0.0718. The highest BCUT2D eigenvalue weighted by Gasteiger charge is 2.25. The SMILES string of the molecule is O=P(O)(O)Cc1cccc2ncc(P(=O)(O)O)n12. The number of hydrogen-bond acceptors (Lipinski definition) is 3. The van der Waals surface area contributed by atoms with E-state index in [1.807, 2.05) is 0 Å². The Labute approximate surface area is 101 Å². The fourth-order valence-corrected chi connectivity index (χ4v) is 3.00. The Balaban J connectivity index is 2.71. The molecule has 2 rings (SSSR count). The standard InChI is InChI=1S/C8H10N2O6P2/c11-17(12,13)5-6-2-1-3-7-9-4-8(10(6)7)18(14,15)16/h1-4H,5H2,(H2,11,12,13)(H2,14,15,16). The molecule has 2 aromatic rings. The van der Waals surface area contributed by atoms with E-state index in [0.29, 0.717) is 0 Å². The van der Waals surface area contributed by atoms with Crippen molar-refractivity contribution in [1.29, 1.82) is 0 Å². The lowest BCUT2D eigenvalue weighted by molar-refractivity contribution is 0.370. The molecule has 0 aliphatic heterocycles. The normalized spacial score (nSPS) is 13.1. The molecule has 98 valence electrons. The average molecular weight is 292 g/mol. The molecule has 8 nitrogen and oxygen atoms in total. The minimum absolute atomic E-state index is 0.0941. The van der Waals surface area contributed by atoms with Crippen LogP contribution in [-0.2, 0) is 15.3 Å². The molecule has 0 fully saturated rings. The minimum atomic E-state index is -4.56. The molecule has 0 atom stereocenters. The van der Waals surface area contributed by atoms with Gasteiger partial charge < -0.3 is 19.6 Å². The predicted octanol–water partition coefficient (Wildman–Crippen LogP) is -0.185. The molecular formula is C8H10N2O6P2. The van der Waals surface area contributed by atoms with Gasteiger partial charge in [0.15, 0.2) is 5.44 Å². The summed E-state index contributed by atoms with van der Waals surface area (Å²) in [6.45, 7) is 0. The van der Waals surface area contributed by atoms with Crippen LogP contribution in [0.15, 0.2) is 24.4 Å². The van der Waals surface area contributed by atoms with E-state index >= 15 is 0 Å². The third kappa shape index (κ3) is 2.70. The number of nitrogens with zero attached hydrogens (tertiary/aromatic N) is 2. The van der Waals surface area contributed by atoms with Crippen LogP contribution in [0.5, 0.6) is 0 Å². The number of imidazole rings is 1. The highest BCUT2D eigenvalue weighted by molar-refractivity contribution is 7.60. The summed E-state index contributed by atoms with van der Waals surface area (Å²) in [7, 11) is -8.90. The molecule has 0 aromatic carbocycles. The number of pyridine rings is 1. The molecule has 0 amide bonds. The Kier molecular flexibility index (Phi) is 3.19. The summed E-state index contributed by atoms with van der Waals surface area (Å²) in [5, 5.41) is 0. The third-order valence-electron chi connectivity index (χ3n) is 2.26. The zero-order valence-corrected chi connectivity index (χ0v) is 10.7. The maximum Gasteiger partial charge on any atom is 0.374 e. The molecule has 0 saturated carbocycles. The van der Waals surface area contributed by atoms with Gasteiger partial charge in [0.05, 0.1) is 12.4 Å². The van der Waals surface area contributed by atoms with Crippen molar-refractivity contribution in [2.75, 3.05) is 0 Å². The van der Waals surface area contributed by atoms with Gasteiger partial charge in [-0.1, -0.05) is 6.07 Å². The minimum Gasteiger partial charge on any atom is -0.324 e. The van der Waals surface area contributed by atoms with Crippen LogP contribution in [0.3, 0.4) is 0 Å². The summed E-state index contributed by atoms with van der Waals surface area (Å²) in [4.78, 5) is 40.0. The zero-order chi connectivity index (χ0) is 13.6. The van der Waals surface area contributed by atoms with Gasteiger partial charge >= 0.3 is 15.2 Å². The van der Waals surface area contributed by atoms with Crippen LogP contribution in [0.25, 0.3) is 5.65 Å². The second-order valence-electron chi connectivity index (χ2n) is 3.69. The van der Waals surface area contributed by atoms with Gasteiger partial charge in [-0.3, -0.25) is 13.5 Å². The van der Waals surface area contributed by atoms with E-state index in [-0.39, 0.29) is 16.8 Å². The Hall–Kier alpha value is -1.01. The largest absolute Gasteiger partial charge is 0.374 e. The van der Waals surface area contributed by atoms with Gasteiger partial charge in [-0.25, -0.2) is 4.98 Å². The molecule has 10 heteroatoms. The van der Waals surface area contributed by atoms with Crippen LogP contribution in [0.4, 0.5) is 0 Å². The van der Waals surface area contributed by atoms with E-state index in [0.717, 1.165) is 10.6 Å². The molecule has 2 aromatic heterocycles. The Bertz CT molecular complexity index is 684. The van der Waals surface area contributed by atoms with Crippen molar-refractivity contribution in [2.45, 2.75) is 6.16 Å². The van der Waals surface area contributed by atoms with Crippen LogP contribution in [0, 0.1) is 0 Å². The topological polar surface area (TPSA) is 132 Å². The smallest absolute Gasteiger partial charge is 0.324 e. The molecule has 0 aliphatic carbocycles. The van der Waals surface area contributed by atoms with Gasteiger partial charge in [0, 0.05) is 5.69 Å². The maximum absolute atomic E-state index is 11.3. The van der Waals surface area contributed by atoms with Gasteiger partial charge in [-0.2, -0.15) is 0 Å². The van der Waals surface area contributed by atoms with E-state index in [1.54, 1.807) is 0 Å². The Morgan fingerprint density at radius 1 is 1.17 bits per heavy atom.